The van der Waals surface area contributed by atoms with Crippen LogP contribution >= 0.6 is 23.2 Å². The minimum Gasteiger partial charge on any atom is -0.357 e. The zero-order valence-electron chi connectivity index (χ0n) is 10.5. The molecule has 0 aliphatic carbocycles. The third-order valence-electron chi connectivity index (χ3n) is 3.55. The van der Waals surface area contributed by atoms with Crippen LogP contribution in [0.15, 0.2) is 6.07 Å². The van der Waals surface area contributed by atoms with E-state index in [2.05, 4.69) is 16.4 Å². The first-order valence-electron chi connectivity index (χ1n) is 6.25. The molecule has 0 fully saturated rings. The van der Waals surface area contributed by atoms with E-state index in [-0.39, 0.29) is 12.3 Å². The molecule has 0 saturated carbocycles. The van der Waals surface area contributed by atoms with Crippen LogP contribution in [0.1, 0.15) is 16.8 Å². The summed E-state index contributed by atoms with van der Waals surface area (Å²) in [6.07, 6.45) is 1.25. The Morgan fingerprint density at radius 1 is 1.40 bits per heavy atom. The van der Waals surface area contributed by atoms with Gasteiger partial charge in [-0.3, -0.25) is 4.79 Å². The van der Waals surface area contributed by atoms with E-state index in [9.17, 15) is 4.79 Å². The number of nitrogens with one attached hydrogen (secondary N) is 2. The van der Waals surface area contributed by atoms with Gasteiger partial charge in [0.25, 0.3) is 0 Å². The number of amides is 1. The SMILES string of the molecule is N#CCc1cc(Cl)c(Cl)c2[nH]c3c(c12)CC(=O)NCC3. The van der Waals surface area contributed by atoms with Gasteiger partial charge < -0.3 is 10.3 Å². The highest BCUT2D eigenvalue weighted by atomic mass is 35.5. The summed E-state index contributed by atoms with van der Waals surface area (Å²) in [7, 11) is 0. The van der Waals surface area contributed by atoms with E-state index in [1.807, 2.05) is 0 Å². The molecule has 20 heavy (non-hydrogen) atoms. The third-order valence-corrected chi connectivity index (χ3v) is 4.33. The van der Waals surface area contributed by atoms with Gasteiger partial charge in [0.2, 0.25) is 5.91 Å². The number of hydrogen-bond acceptors (Lipinski definition) is 2. The van der Waals surface area contributed by atoms with Crippen molar-refractivity contribution in [2.24, 2.45) is 0 Å². The molecule has 1 aliphatic rings. The van der Waals surface area contributed by atoms with E-state index in [1.54, 1.807) is 6.07 Å². The molecule has 0 bridgehead atoms. The maximum atomic E-state index is 11.8. The number of halogens is 2. The minimum atomic E-state index is -0.0152. The third kappa shape index (κ3) is 2.04. The Labute approximate surface area is 125 Å². The lowest BCUT2D eigenvalue weighted by atomic mass is 10.00. The largest absolute Gasteiger partial charge is 0.357 e. The molecule has 102 valence electrons. The summed E-state index contributed by atoms with van der Waals surface area (Å²) in [6, 6.07) is 3.84. The van der Waals surface area contributed by atoms with E-state index < -0.39 is 0 Å². The van der Waals surface area contributed by atoms with Crippen LogP contribution in [0.2, 0.25) is 10.0 Å². The number of aromatic amines is 1. The Hall–Kier alpha value is -1.70. The fraction of sp³-hybridized carbons (Fsp3) is 0.286. The van der Waals surface area contributed by atoms with Crippen LogP contribution < -0.4 is 5.32 Å². The van der Waals surface area contributed by atoms with E-state index in [0.29, 0.717) is 23.0 Å². The van der Waals surface area contributed by atoms with Gasteiger partial charge in [-0.1, -0.05) is 23.2 Å². The smallest absolute Gasteiger partial charge is 0.224 e. The van der Waals surface area contributed by atoms with Crippen LogP contribution in [-0.4, -0.2) is 17.4 Å². The van der Waals surface area contributed by atoms with Gasteiger partial charge in [-0.25, -0.2) is 0 Å². The highest BCUT2D eigenvalue weighted by Gasteiger charge is 2.22. The van der Waals surface area contributed by atoms with Crippen molar-refractivity contribution < 1.29 is 4.79 Å². The molecule has 6 heteroatoms. The van der Waals surface area contributed by atoms with Crippen LogP contribution in [0.3, 0.4) is 0 Å². The van der Waals surface area contributed by atoms with Crippen molar-refractivity contribution in [3.05, 3.63) is 32.9 Å². The highest BCUT2D eigenvalue weighted by Crippen LogP contribution is 2.37. The average Bonchev–Trinajstić information content (AvgIpc) is 2.65. The average molecular weight is 308 g/mol. The van der Waals surface area contributed by atoms with Crippen LogP contribution in [0.25, 0.3) is 10.9 Å². The van der Waals surface area contributed by atoms with E-state index in [1.165, 1.54) is 0 Å². The van der Waals surface area contributed by atoms with Gasteiger partial charge in [0.05, 0.1) is 34.5 Å². The molecule has 1 amide bonds. The zero-order valence-corrected chi connectivity index (χ0v) is 12.0. The number of H-pyrrole nitrogens is 1. The van der Waals surface area contributed by atoms with Crippen molar-refractivity contribution in [2.45, 2.75) is 19.3 Å². The standard InChI is InChI=1S/C14H11Cl2N3O/c15-9-5-7(1-3-17)12-8-6-11(20)18-4-2-10(8)19-14(12)13(9)16/h5,19H,1-2,4,6H2,(H,18,20). The Kier molecular flexibility index (Phi) is 3.33. The number of carbonyl (C=O) groups is 1. The maximum absolute atomic E-state index is 11.8. The lowest BCUT2D eigenvalue weighted by Gasteiger charge is -2.06. The van der Waals surface area contributed by atoms with Gasteiger partial charge in [0.15, 0.2) is 0 Å². The van der Waals surface area contributed by atoms with Gasteiger partial charge in [-0.05, 0) is 17.2 Å². The van der Waals surface area contributed by atoms with Crippen molar-refractivity contribution in [3.8, 4) is 6.07 Å². The summed E-state index contributed by atoms with van der Waals surface area (Å²) in [5.41, 5.74) is 3.45. The van der Waals surface area contributed by atoms with Crippen molar-refractivity contribution in [1.29, 1.82) is 5.26 Å². The second-order valence-corrected chi connectivity index (χ2v) is 5.56. The van der Waals surface area contributed by atoms with E-state index in [0.717, 1.165) is 34.1 Å². The molecule has 1 aromatic carbocycles. The molecule has 1 aromatic heterocycles. The summed E-state index contributed by atoms with van der Waals surface area (Å²) >= 11 is 12.4. The number of fused-ring (bicyclic) bond motifs is 3. The second kappa shape index (κ2) is 5.01. The molecule has 0 unspecified atom stereocenters. The predicted octanol–water partition coefficient (Wildman–Crippen LogP) is 2.76. The zero-order chi connectivity index (χ0) is 14.3. The van der Waals surface area contributed by atoms with Crippen molar-refractivity contribution in [1.82, 2.24) is 10.3 Å². The first-order valence-corrected chi connectivity index (χ1v) is 7.01. The predicted molar refractivity (Wildman–Crippen MR) is 78.1 cm³/mol. The lowest BCUT2D eigenvalue weighted by molar-refractivity contribution is -0.120. The van der Waals surface area contributed by atoms with Gasteiger partial charge in [0.1, 0.15) is 0 Å². The number of nitriles is 1. The number of benzene rings is 1. The summed E-state index contributed by atoms with van der Waals surface area (Å²) < 4.78 is 0. The molecule has 0 radical (unpaired) electrons. The van der Waals surface area contributed by atoms with Gasteiger partial charge in [-0.2, -0.15) is 5.26 Å². The molecule has 1 aliphatic heterocycles. The summed E-state index contributed by atoms with van der Waals surface area (Å²) in [4.78, 5) is 15.0. The molecular formula is C14H11Cl2N3O. The topological polar surface area (TPSA) is 68.7 Å². The summed E-state index contributed by atoms with van der Waals surface area (Å²) in [5, 5.41) is 13.5. The first kappa shape index (κ1) is 13.3. The van der Waals surface area contributed by atoms with Gasteiger partial charge >= 0.3 is 0 Å². The number of aromatic nitrogens is 1. The number of hydrogen-bond donors (Lipinski definition) is 2. The molecule has 2 N–H and O–H groups in total. The monoisotopic (exact) mass is 307 g/mol. The number of carbonyl (C=O) groups excluding carboxylic acids is 1. The highest BCUT2D eigenvalue weighted by molar-refractivity contribution is 6.45. The van der Waals surface area contributed by atoms with E-state index in [4.69, 9.17) is 28.5 Å². The Balaban J connectivity index is 2.34. The minimum absolute atomic E-state index is 0.0152. The van der Waals surface area contributed by atoms with Crippen molar-refractivity contribution in [2.75, 3.05) is 6.54 Å². The quantitative estimate of drug-likeness (QED) is 0.850. The molecule has 0 spiro atoms. The van der Waals surface area contributed by atoms with Gasteiger partial charge in [-0.15, -0.1) is 0 Å². The van der Waals surface area contributed by atoms with E-state index >= 15 is 0 Å². The fourth-order valence-corrected chi connectivity index (χ4v) is 3.12. The van der Waals surface area contributed by atoms with Crippen LogP contribution in [0.5, 0.6) is 0 Å². The molecule has 2 aromatic rings. The molecule has 4 nitrogen and oxygen atoms in total. The van der Waals surface area contributed by atoms with Crippen molar-refractivity contribution >= 4 is 40.0 Å². The van der Waals surface area contributed by atoms with Crippen LogP contribution in [-0.2, 0) is 24.1 Å². The molecule has 3 rings (SSSR count). The molecule has 0 saturated heterocycles. The van der Waals surface area contributed by atoms with Crippen LogP contribution in [0, 0.1) is 11.3 Å². The Morgan fingerprint density at radius 3 is 2.95 bits per heavy atom. The normalized spacial score (nSPS) is 14.6. The van der Waals surface area contributed by atoms with Gasteiger partial charge in [0, 0.05) is 24.0 Å². The van der Waals surface area contributed by atoms with Crippen LogP contribution in [0.4, 0.5) is 0 Å². The maximum Gasteiger partial charge on any atom is 0.224 e. The molecule has 0 atom stereocenters. The Morgan fingerprint density at radius 2 is 2.20 bits per heavy atom. The number of nitrogens with zero attached hydrogens (tertiary/aromatic N) is 1. The fourth-order valence-electron chi connectivity index (χ4n) is 2.70. The molecule has 2 heterocycles. The Bertz CT molecular complexity index is 758. The second-order valence-electron chi connectivity index (χ2n) is 4.78. The first-order chi connectivity index (χ1) is 9.61. The summed E-state index contributed by atoms with van der Waals surface area (Å²) in [5.74, 6) is -0.0152. The number of rotatable bonds is 1. The molecular weight excluding hydrogens is 297 g/mol. The van der Waals surface area contributed by atoms with Crippen molar-refractivity contribution in [3.63, 3.8) is 0 Å². The lowest BCUT2D eigenvalue weighted by Crippen LogP contribution is -2.24. The summed E-state index contributed by atoms with van der Waals surface area (Å²) in [6.45, 7) is 0.595.